The summed E-state index contributed by atoms with van der Waals surface area (Å²) >= 11 is 0. The number of Topliss-reactive ketones (excluding diaryl/α,β-unsaturated/α-hetero) is 1. The first kappa shape index (κ1) is 12.0. The van der Waals surface area contributed by atoms with E-state index in [-0.39, 0.29) is 11.8 Å². The molecule has 1 aliphatic carbocycles. The molecule has 1 saturated carbocycles. The molecule has 84 valence electrons. The van der Waals surface area contributed by atoms with Crippen LogP contribution in [0, 0.1) is 5.41 Å². The van der Waals surface area contributed by atoms with E-state index in [4.69, 9.17) is 4.74 Å². The van der Waals surface area contributed by atoms with Crippen molar-refractivity contribution < 1.29 is 14.3 Å². The lowest BCUT2D eigenvalue weighted by Gasteiger charge is -2.24. The largest absolute Gasteiger partial charge is 0.465 e. The molecule has 0 heterocycles. The van der Waals surface area contributed by atoms with E-state index in [9.17, 15) is 9.59 Å². The van der Waals surface area contributed by atoms with Crippen molar-refractivity contribution in [3.8, 4) is 0 Å². The fraction of sp³-hybridized carbons (Fsp3) is 0.667. The van der Waals surface area contributed by atoms with Gasteiger partial charge >= 0.3 is 5.97 Å². The number of ketones is 1. The number of esters is 1. The van der Waals surface area contributed by atoms with Gasteiger partial charge in [0.15, 0.2) is 0 Å². The predicted octanol–water partition coefficient (Wildman–Crippen LogP) is 2.26. The van der Waals surface area contributed by atoms with Crippen LogP contribution in [0.25, 0.3) is 0 Å². The number of allylic oxidation sites excluding steroid dienone is 1. The molecule has 1 rings (SSSR count). The minimum Gasteiger partial charge on any atom is -0.465 e. The van der Waals surface area contributed by atoms with Crippen LogP contribution in [0.2, 0.25) is 0 Å². The second kappa shape index (κ2) is 5.10. The Morgan fingerprint density at radius 2 is 2.40 bits per heavy atom. The van der Waals surface area contributed by atoms with Crippen LogP contribution >= 0.6 is 0 Å². The molecule has 1 atom stereocenters. The molecular weight excluding hydrogens is 192 g/mol. The van der Waals surface area contributed by atoms with Gasteiger partial charge in [-0.15, -0.1) is 6.58 Å². The molecule has 0 saturated heterocycles. The van der Waals surface area contributed by atoms with Crippen LogP contribution in [0.3, 0.4) is 0 Å². The van der Waals surface area contributed by atoms with Crippen molar-refractivity contribution >= 4 is 11.8 Å². The van der Waals surface area contributed by atoms with Gasteiger partial charge < -0.3 is 4.74 Å². The summed E-state index contributed by atoms with van der Waals surface area (Å²) in [4.78, 5) is 23.6. The molecule has 0 unspecified atom stereocenters. The summed E-state index contributed by atoms with van der Waals surface area (Å²) < 4.78 is 5.00. The number of ether oxygens (including phenoxy) is 1. The Morgan fingerprint density at radius 1 is 1.67 bits per heavy atom. The zero-order valence-corrected chi connectivity index (χ0v) is 9.25. The monoisotopic (exact) mass is 210 g/mol. The molecule has 0 aromatic rings. The normalized spacial score (nSPS) is 25.3. The highest BCUT2D eigenvalue weighted by Crippen LogP contribution is 2.40. The molecular formula is C12H18O3. The predicted molar refractivity (Wildman–Crippen MR) is 57.4 cm³/mol. The quantitative estimate of drug-likeness (QED) is 0.397. The second-order valence-corrected chi connectivity index (χ2v) is 3.91. The van der Waals surface area contributed by atoms with E-state index >= 15 is 0 Å². The molecule has 15 heavy (non-hydrogen) atoms. The van der Waals surface area contributed by atoms with E-state index in [0.717, 1.165) is 6.42 Å². The summed E-state index contributed by atoms with van der Waals surface area (Å²) in [5, 5.41) is 0. The van der Waals surface area contributed by atoms with E-state index < -0.39 is 5.41 Å². The molecule has 0 aromatic carbocycles. The van der Waals surface area contributed by atoms with E-state index in [2.05, 4.69) is 6.58 Å². The molecule has 0 aliphatic heterocycles. The number of carbonyl (C=O) groups is 2. The lowest BCUT2D eigenvalue weighted by molar-refractivity contribution is -0.159. The number of rotatable bonds is 5. The fourth-order valence-electron chi connectivity index (χ4n) is 2.13. The first-order chi connectivity index (χ1) is 7.17. The molecule has 1 fully saturated rings. The van der Waals surface area contributed by atoms with Gasteiger partial charge in [0.25, 0.3) is 0 Å². The topological polar surface area (TPSA) is 43.4 Å². The van der Waals surface area contributed by atoms with Gasteiger partial charge in [-0.25, -0.2) is 0 Å². The van der Waals surface area contributed by atoms with E-state index in [0.29, 0.717) is 32.3 Å². The lowest BCUT2D eigenvalue weighted by atomic mass is 9.80. The maximum atomic E-state index is 11.8. The second-order valence-electron chi connectivity index (χ2n) is 3.91. The van der Waals surface area contributed by atoms with Gasteiger partial charge in [-0.3, -0.25) is 9.59 Å². The van der Waals surface area contributed by atoms with Crippen molar-refractivity contribution in [3.05, 3.63) is 12.7 Å². The zero-order chi connectivity index (χ0) is 11.3. The van der Waals surface area contributed by atoms with Gasteiger partial charge in [0, 0.05) is 6.42 Å². The average Bonchev–Trinajstić information content (AvgIpc) is 2.58. The molecule has 0 aromatic heterocycles. The number of carbonyl (C=O) groups excluding carboxylic acids is 2. The van der Waals surface area contributed by atoms with Crippen molar-refractivity contribution in [1.29, 1.82) is 0 Å². The van der Waals surface area contributed by atoms with Gasteiger partial charge in [-0.2, -0.15) is 0 Å². The molecule has 1 aliphatic rings. The maximum absolute atomic E-state index is 11.8. The third-order valence-corrected chi connectivity index (χ3v) is 2.98. The number of hydrogen-bond acceptors (Lipinski definition) is 3. The molecule has 3 heteroatoms. The Bertz CT molecular complexity index is 270. The molecule has 0 bridgehead atoms. The molecule has 0 N–H and O–H groups in total. The standard InChI is InChI=1S/C12H18O3/c1-3-5-8-12(11(14)15-4-2)9-6-7-10(12)13/h3H,1,4-9H2,2H3/t12-/m0/s1. The summed E-state index contributed by atoms with van der Waals surface area (Å²) in [5.41, 5.74) is -0.857. The van der Waals surface area contributed by atoms with Crippen LogP contribution in [0.5, 0.6) is 0 Å². The molecule has 0 spiro atoms. The van der Waals surface area contributed by atoms with Crippen LogP contribution in [-0.2, 0) is 14.3 Å². The minimum absolute atomic E-state index is 0.0443. The van der Waals surface area contributed by atoms with Crippen LogP contribution in [0.4, 0.5) is 0 Å². The van der Waals surface area contributed by atoms with Crippen molar-refractivity contribution in [1.82, 2.24) is 0 Å². The van der Waals surface area contributed by atoms with Crippen molar-refractivity contribution in [2.75, 3.05) is 6.61 Å². The van der Waals surface area contributed by atoms with E-state index in [1.165, 1.54) is 0 Å². The Hall–Kier alpha value is -1.12. The summed E-state index contributed by atoms with van der Waals surface area (Å²) in [5.74, 6) is -0.294. The van der Waals surface area contributed by atoms with E-state index in [1.807, 2.05) is 0 Å². The Morgan fingerprint density at radius 3 is 2.87 bits per heavy atom. The van der Waals surface area contributed by atoms with Crippen LogP contribution in [-0.4, -0.2) is 18.4 Å². The fourth-order valence-corrected chi connectivity index (χ4v) is 2.13. The average molecular weight is 210 g/mol. The van der Waals surface area contributed by atoms with Gasteiger partial charge in [0.2, 0.25) is 0 Å². The zero-order valence-electron chi connectivity index (χ0n) is 9.25. The summed E-state index contributed by atoms with van der Waals surface area (Å²) in [6, 6.07) is 0. The highest BCUT2D eigenvalue weighted by molar-refractivity contribution is 6.05. The molecule has 0 radical (unpaired) electrons. The smallest absolute Gasteiger partial charge is 0.319 e. The lowest BCUT2D eigenvalue weighted by Crippen LogP contribution is -2.36. The van der Waals surface area contributed by atoms with Gasteiger partial charge in [0.1, 0.15) is 11.2 Å². The van der Waals surface area contributed by atoms with Crippen LogP contribution in [0.1, 0.15) is 39.0 Å². The molecule has 0 amide bonds. The minimum atomic E-state index is -0.857. The van der Waals surface area contributed by atoms with Crippen LogP contribution in [0.15, 0.2) is 12.7 Å². The van der Waals surface area contributed by atoms with Gasteiger partial charge in [-0.1, -0.05) is 6.08 Å². The van der Waals surface area contributed by atoms with Crippen molar-refractivity contribution in [3.63, 3.8) is 0 Å². The first-order valence-electron chi connectivity index (χ1n) is 5.49. The summed E-state index contributed by atoms with van der Waals surface area (Å²) in [7, 11) is 0. The molecule has 3 nitrogen and oxygen atoms in total. The van der Waals surface area contributed by atoms with E-state index in [1.54, 1.807) is 13.0 Å². The Kier molecular flexibility index (Phi) is 4.06. The maximum Gasteiger partial charge on any atom is 0.319 e. The number of hydrogen-bond donors (Lipinski definition) is 0. The summed E-state index contributed by atoms with van der Waals surface area (Å²) in [6.45, 7) is 5.72. The third kappa shape index (κ3) is 2.28. The van der Waals surface area contributed by atoms with Crippen molar-refractivity contribution in [2.24, 2.45) is 5.41 Å². The van der Waals surface area contributed by atoms with Gasteiger partial charge in [0.05, 0.1) is 6.61 Å². The third-order valence-electron chi connectivity index (χ3n) is 2.98. The first-order valence-corrected chi connectivity index (χ1v) is 5.49. The highest BCUT2D eigenvalue weighted by atomic mass is 16.5. The SMILES string of the molecule is C=CCC[C@]1(C(=O)OCC)CCCC1=O. The van der Waals surface area contributed by atoms with Crippen molar-refractivity contribution in [2.45, 2.75) is 39.0 Å². The van der Waals surface area contributed by atoms with Crippen LogP contribution < -0.4 is 0 Å². The summed E-state index contributed by atoms with van der Waals surface area (Å²) in [6.07, 6.45) is 4.93. The Labute approximate surface area is 90.5 Å². The highest BCUT2D eigenvalue weighted by Gasteiger charge is 2.48. The van der Waals surface area contributed by atoms with Gasteiger partial charge in [-0.05, 0) is 32.6 Å². The Balaban J connectivity index is 2.80.